The summed E-state index contributed by atoms with van der Waals surface area (Å²) >= 11 is 0. The molecule has 0 aliphatic carbocycles. The summed E-state index contributed by atoms with van der Waals surface area (Å²) in [5.74, 6) is 3.16. The summed E-state index contributed by atoms with van der Waals surface area (Å²) in [4.78, 5) is 16.5. The molecule has 0 atom stereocenters. The number of aryl methyl sites for hydroxylation is 3. The van der Waals surface area contributed by atoms with Crippen LogP contribution in [0.1, 0.15) is 290 Å². The maximum Gasteiger partial charge on any atom is 0.141 e. The molecule has 6 heteroatoms. The average molecular weight is 1100 g/mol. The monoisotopic (exact) mass is 1100 g/mol. The van der Waals surface area contributed by atoms with Crippen LogP contribution >= 0.6 is 0 Å². The van der Waals surface area contributed by atoms with Crippen molar-refractivity contribution in [3.05, 3.63) is 91.0 Å². The number of aromatic nitrogens is 6. The van der Waals surface area contributed by atoms with E-state index in [1.165, 1.54) is 267 Å². The van der Waals surface area contributed by atoms with Gasteiger partial charge in [0.05, 0.1) is 33.1 Å². The Hall–Kier alpha value is -4.71. The molecule has 81 heavy (non-hydrogen) atoms. The Balaban J connectivity index is 1.08. The Kier molecular flexibility index (Phi) is 30.7. The number of fused-ring (bicyclic) bond motifs is 3. The molecule has 0 aliphatic heterocycles. The maximum atomic E-state index is 5.51. The minimum Gasteiger partial charge on any atom is -0.324 e. The summed E-state index contributed by atoms with van der Waals surface area (Å²) in [5, 5.41) is 0. The highest BCUT2D eigenvalue weighted by Crippen LogP contribution is 2.37. The van der Waals surface area contributed by atoms with E-state index in [1.54, 1.807) is 0 Å². The summed E-state index contributed by atoms with van der Waals surface area (Å²) in [6, 6.07) is 33.7. The van der Waals surface area contributed by atoms with Gasteiger partial charge in [0.15, 0.2) is 0 Å². The van der Waals surface area contributed by atoms with E-state index in [4.69, 9.17) is 15.0 Å². The summed E-state index contributed by atoms with van der Waals surface area (Å²) in [5.41, 5.74) is 10.3. The van der Waals surface area contributed by atoms with Gasteiger partial charge in [-0.2, -0.15) is 0 Å². The number of hydrogen-bond donors (Lipinski definition) is 0. The second kappa shape index (κ2) is 38.9. The maximum absolute atomic E-state index is 5.51. The molecule has 0 radical (unpaired) electrons. The van der Waals surface area contributed by atoms with Gasteiger partial charge in [0, 0.05) is 36.3 Å². The molecule has 0 N–H and O–H groups in total. The smallest absolute Gasteiger partial charge is 0.141 e. The highest BCUT2D eigenvalue weighted by molar-refractivity contribution is 5.87. The summed E-state index contributed by atoms with van der Waals surface area (Å²) in [6.45, 7) is 9.82. The Labute approximate surface area is 494 Å². The molecule has 0 bridgehead atoms. The lowest BCUT2D eigenvalue weighted by molar-refractivity contribution is 0.526. The van der Waals surface area contributed by atoms with Crippen molar-refractivity contribution in [2.75, 3.05) is 0 Å². The fourth-order valence-electron chi connectivity index (χ4n) is 13.0. The number of rotatable bonds is 48. The van der Waals surface area contributed by atoms with Crippen molar-refractivity contribution in [2.24, 2.45) is 0 Å². The first-order chi connectivity index (χ1) is 40.2. The second-order valence-electron chi connectivity index (χ2n) is 24.8. The molecule has 6 nitrogen and oxygen atoms in total. The zero-order valence-electron chi connectivity index (χ0n) is 52.2. The van der Waals surface area contributed by atoms with Crippen molar-refractivity contribution in [3.8, 4) is 34.2 Å². The van der Waals surface area contributed by atoms with E-state index in [0.717, 1.165) is 89.6 Å². The topological polar surface area (TPSA) is 53.5 Å². The van der Waals surface area contributed by atoms with E-state index in [-0.39, 0.29) is 0 Å². The van der Waals surface area contributed by atoms with Crippen LogP contribution in [0.25, 0.3) is 67.3 Å². The van der Waals surface area contributed by atoms with E-state index in [2.05, 4.69) is 125 Å². The van der Waals surface area contributed by atoms with Crippen molar-refractivity contribution >= 4 is 33.1 Å². The quantitative estimate of drug-likeness (QED) is 0.0357. The summed E-state index contributed by atoms with van der Waals surface area (Å²) < 4.78 is 7.61. The molecule has 4 aromatic carbocycles. The van der Waals surface area contributed by atoms with Crippen LogP contribution in [0.15, 0.2) is 91.0 Å². The van der Waals surface area contributed by atoms with Crippen LogP contribution in [0.2, 0.25) is 0 Å². The van der Waals surface area contributed by atoms with Gasteiger partial charge in [-0.15, -0.1) is 0 Å². The first kappa shape index (κ1) is 63.9. The Morgan fingerprint density at radius 2 is 0.420 bits per heavy atom. The normalized spacial score (nSPS) is 11.9. The van der Waals surface area contributed by atoms with Gasteiger partial charge in [-0.05, 0) is 73.9 Å². The largest absolute Gasteiger partial charge is 0.324 e. The van der Waals surface area contributed by atoms with Crippen LogP contribution in [0.5, 0.6) is 0 Å². The third kappa shape index (κ3) is 21.8. The number of hydrogen-bond acceptors (Lipinski definition) is 3. The van der Waals surface area contributed by atoms with Gasteiger partial charge in [0.25, 0.3) is 0 Å². The van der Waals surface area contributed by atoms with Crippen LogP contribution in [0.3, 0.4) is 0 Å². The van der Waals surface area contributed by atoms with Crippen molar-refractivity contribution in [1.29, 1.82) is 0 Å². The zero-order valence-corrected chi connectivity index (χ0v) is 52.2. The van der Waals surface area contributed by atoms with Crippen molar-refractivity contribution in [3.63, 3.8) is 0 Å². The first-order valence-electron chi connectivity index (χ1n) is 34.7. The SMILES string of the molecule is CCCCCCCCCCCCCCCCn1c(-c2cc(-c3nc4ccccc4n3CCCCCCCCCCCCCCCC)cc(-c3nc4ccccc4n3CCCCCCCCCCCCCCCC)c2)nc2ccccc21. The van der Waals surface area contributed by atoms with Crippen LogP contribution in [0.4, 0.5) is 0 Å². The molecule has 444 valence electrons. The predicted octanol–water partition coefficient (Wildman–Crippen LogP) is 24.2. The van der Waals surface area contributed by atoms with Crippen molar-refractivity contribution < 1.29 is 0 Å². The molecule has 3 aromatic heterocycles. The van der Waals surface area contributed by atoms with Gasteiger partial charge in [-0.25, -0.2) is 15.0 Å². The summed E-state index contributed by atoms with van der Waals surface area (Å²) in [6.07, 6.45) is 57.3. The van der Waals surface area contributed by atoms with Crippen LogP contribution in [-0.4, -0.2) is 28.7 Å². The average Bonchev–Trinajstić information content (AvgIpc) is 4.26. The van der Waals surface area contributed by atoms with Crippen LogP contribution in [0, 0.1) is 0 Å². The van der Waals surface area contributed by atoms with E-state index < -0.39 is 0 Å². The molecule has 7 aromatic rings. The Bertz CT molecular complexity index is 2430. The summed E-state index contributed by atoms with van der Waals surface area (Å²) in [7, 11) is 0. The first-order valence-corrected chi connectivity index (χ1v) is 34.7. The Morgan fingerprint density at radius 3 is 0.630 bits per heavy atom. The van der Waals surface area contributed by atoms with Gasteiger partial charge in [-0.1, -0.05) is 308 Å². The molecule has 0 spiro atoms. The fraction of sp³-hybridized carbons (Fsp3) is 0.640. The van der Waals surface area contributed by atoms with Gasteiger partial charge in [0.2, 0.25) is 0 Å². The number of nitrogens with zero attached hydrogens (tertiary/aromatic N) is 6. The lowest BCUT2D eigenvalue weighted by atomic mass is 10.0. The van der Waals surface area contributed by atoms with Crippen LogP contribution < -0.4 is 0 Å². The molecule has 0 saturated heterocycles. The van der Waals surface area contributed by atoms with Crippen LogP contribution in [-0.2, 0) is 19.6 Å². The fourth-order valence-corrected chi connectivity index (χ4v) is 13.0. The van der Waals surface area contributed by atoms with Gasteiger partial charge in [0.1, 0.15) is 17.5 Å². The molecule has 0 amide bonds. The third-order valence-electron chi connectivity index (χ3n) is 17.9. The molecule has 0 unspecified atom stereocenters. The molecule has 0 aliphatic rings. The minimum atomic E-state index is 0.961. The number of benzene rings is 4. The van der Waals surface area contributed by atoms with E-state index in [0.29, 0.717) is 0 Å². The highest BCUT2D eigenvalue weighted by Gasteiger charge is 2.21. The minimum absolute atomic E-state index is 0.961. The molecule has 3 heterocycles. The number of para-hydroxylation sites is 6. The van der Waals surface area contributed by atoms with E-state index in [1.807, 2.05) is 0 Å². The molecule has 7 rings (SSSR count). The van der Waals surface area contributed by atoms with Crippen molar-refractivity contribution in [1.82, 2.24) is 28.7 Å². The predicted molar refractivity (Wildman–Crippen MR) is 354 cm³/mol. The molecule has 0 saturated carbocycles. The van der Waals surface area contributed by atoms with E-state index in [9.17, 15) is 0 Å². The lowest BCUT2D eigenvalue weighted by Gasteiger charge is -2.15. The lowest BCUT2D eigenvalue weighted by Crippen LogP contribution is -2.05. The second-order valence-corrected chi connectivity index (χ2v) is 24.8. The molecular weight excluding hydrogens is 985 g/mol. The van der Waals surface area contributed by atoms with Gasteiger partial charge < -0.3 is 13.7 Å². The molecular formula is C75H114N6. The third-order valence-corrected chi connectivity index (χ3v) is 17.9. The standard InChI is InChI=1S/C75H114N6/c1-4-7-10-13-16-19-22-25-28-31-34-37-40-49-58-79-70-55-46-43-52-67(70)76-73(79)64-61-65(74-77-68-53-44-47-56-71(68)80(74)59-50-41-38-35-32-29-26-23-20-17-14-11-8-5-2)63-66(62-64)75-78-69-54-45-48-57-72(69)81(75)60-51-42-39-36-33-30-27-24-21-18-15-12-9-6-3/h43-48,52-57,61-63H,4-42,49-51,58-60H2,1-3H3. The zero-order chi connectivity index (χ0) is 56.2. The van der Waals surface area contributed by atoms with Gasteiger partial charge >= 0.3 is 0 Å². The number of imidazole rings is 3. The number of unbranched alkanes of at least 4 members (excludes halogenated alkanes) is 39. The Morgan fingerprint density at radius 1 is 0.235 bits per heavy atom. The molecule has 0 fully saturated rings. The van der Waals surface area contributed by atoms with E-state index >= 15 is 0 Å². The van der Waals surface area contributed by atoms with Crippen molar-refractivity contribution in [2.45, 2.75) is 310 Å². The van der Waals surface area contributed by atoms with Gasteiger partial charge in [-0.3, -0.25) is 0 Å². The highest BCUT2D eigenvalue weighted by atomic mass is 15.1.